The lowest BCUT2D eigenvalue weighted by atomic mass is 10.1. The molecule has 1 atom stereocenters. The van der Waals surface area contributed by atoms with Gasteiger partial charge in [0.2, 0.25) is 0 Å². The number of hydrogen-bond donors (Lipinski definition) is 3. The van der Waals surface area contributed by atoms with Crippen LogP contribution in [0.25, 0.3) is 0 Å². The van der Waals surface area contributed by atoms with Crippen LogP contribution in [0, 0.1) is 0 Å². The fourth-order valence-electron chi connectivity index (χ4n) is 2.71. The van der Waals surface area contributed by atoms with E-state index in [0.717, 1.165) is 25.9 Å². The van der Waals surface area contributed by atoms with E-state index in [2.05, 4.69) is 15.7 Å². The molecule has 2 amide bonds. The molecule has 1 aromatic heterocycles. The standard InChI is InChI=1S/C17H21N5O3.ClH/c18-16(23)11-25-14-5-3-12(4-6-14)20-17(24)15-7-9-22(21-15)13-2-1-8-19-10-13;/h3-7,9,13,19H,1-2,8,10-11H2,(H2,18,23)(H,20,24);1H. The van der Waals surface area contributed by atoms with Gasteiger partial charge < -0.3 is 21.1 Å². The minimum atomic E-state index is -0.541. The quantitative estimate of drug-likeness (QED) is 0.701. The first kappa shape index (κ1) is 19.7. The molecule has 9 heteroatoms. The van der Waals surface area contributed by atoms with Crippen LogP contribution in [0.4, 0.5) is 5.69 Å². The van der Waals surface area contributed by atoms with Crippen molar-refractivity contribution in [2.24, 2.45) is 5.73 Å². The van der Waals surface area contributed by atoms with E-state index in [1.54, 1.807) is 30.3 Å². The zero-order valence-electron chi connectivity index (χ0n) is 14.2. The summed E-state index contributed by atoms with van der Waals surface area (Å²) < 4.78 is 7.02. The fraction of sp³-hybridized carbons (Fsp3) is 0.353. The van der Waals surface area contributed by atoms with Crippen LogP contribution in [0.15, 0.2) is 36.5 Å². The van der Waals surface area contributed by atoms with Crippen molar-refractivity contribution in [2.75, 3.05) is 25.0 Å². The molecule has 1 unspecified atom stereocenters. The molecular formula is C17H22ClN5O3. The summed E-state index contributed by atoms with van der Waals surface area (Å²) in [5.74, 6) is -0.305. The molecule has 0 saturated carbocycles. The summed E-state index contributed by atoms with van der Waals surface area (Å²) in [6.45, 7) is 1.72. The van der Waals surface area contributed by atoms with Crippen molar-refractivity contribution in [2.45, 2.75) is 18.9 Å². The van der Waals surface area contributed by atoms with Gasteiger partial charge in [-0.15, -0.1) is 12.4 Å². The Kier molecular flexibility index (Phi) is 6.99. The molecule has 140 valence electrons. The number of carbonyl (C=O) groups is 2. The minimum absolute atomic E-state index is 0. The molecule has 2 heterocycles. The minimum Gasteiger partial charge on any atom is -0.484 e. The lowest BCUT2D eigenvalue weighted by Crippen LogP contribution is -2.32. The highest BCUT2D eigenvalue weighted by atomic mass is 35.5. The third kappa shape index (κ3) is 5.21. The number of ether oxygens (including phenoxy) is 1. The van der Waals surface area contributed by atoms with E-state index in [-0.39, 0.29) is 31.0 Å². The second kappa shape index (κ2) is 9.21. The van der Waals surface area contributed by atoms with Crippen LogP contribution in [-0.4, -0.2) is 41.3 Å². The average Bonchev–Trinajstić information content (AvgIpc) is 3.12. The van der Waals surface area contributed by atoms with E-state index in [0.29, 0.717) is 17.1 Å². The smallest absolute Gasteiger partial charge is 0.276 e. The van der Waals surface area contributed by atoms with Gasteiger partial charge in [0.1, 0.15) is 5.75 Å². The number of carbonyl (C=O) groups excluding carboxylic acids is 2. The van der Waals surface area contributed by atoms with E-state index in [1.165, 1.54) is 0 Å². The summed E-state index contributed by atoms with van der Waals surface area (Å²) in [6, 6.07) is 8.70. The maximum absolute atomic E-state index is 12.3. The number of hydrogen-bond acceptors (Lipinski definition) is 5. The van der Waals surface area contributed by atoms with E-state index in [9.17, 15) is 9.59 Å². The van der Waals surface area contributed by atoms with Crippen molar-refractivity contribution in [1.82, 2.24) is 15.1 Å². The number of nitrogens with zero attached hydrogens (tertiary/aromatic N) is 2. The van der Waals surface area contributed by atoms with E-state index >= 15 is 0 Å². The molecule has 26 heavy (non-hydrogen) atoms. The van der Waals surface area contributed by atoms with Crippen LogP contribution >= 0.6 is 12.4 Å². The highest BCUT2D eigenvalue weighted by Crippen LogP contribution is 2.18. The molecule has 1 fully saturated rings. The summed E-state index contributed by atoms with van der Waals surface area (Å²) in [6.07, 6.45) is 4.01. The maximum Gasteiger partial charge on any atom is 0.276 e. The first-order valence-electron chi connectivity index (χ1n) is 8.20. The van der Waals surface area contributed by atoms with Crippen LogP contribution in [-0.2, 0) is 4.79 Å². The Balaban J connectivity index is 0.00000243. The van der Waals surface area contributed by atoms with Gasteiger partial charge in [-0.05, 0) is 49.7 Å². The number of nitrogens with two attached hydrogens (primary N) is 1. The van der Waals surface area contributed by atoms with E-state index < -0.39 is 5.91 Å². The lowest BCUT2D eigenvalue weighted by molar-refractivity contribution is -0.119. The predicted octanol–water partition coefficient (Wildman–Crippen LogP) is 1.35. The molecule has 3 rings (SSSR count). The molecule has 0 spiro atoms. The molecule has 1 aromatic carbocycles. The van der Waals surface area contributed by atoms with Crippen LogP contribution in [0.2, 0.25) is 0 Å². The largest absolute Gasteiger partial charge is 0.484 e. The maximum atomic E-state index is 12.3. The number of amides is 2. The molecule has 1 saturated heterocycles. The number of piperidine rings is 1. The molecule has 0 bridgehead atoms. The van der Waals surface area contributed by atoms with Crippen LogP contribution in [0.3, 0.4) is 0 Å². The number of anilines is 1. The molecule has 8 nitrogen and oxygen atoms in total. The molecule has 1 aliphatic heterocycles. The number of aromatic nitrogens is 2. The Morgan fingerprint density at radius 1 is 1.31 bits per heavy atom. The van der Waals surface area contributed by atoms with Crippen molar-refractivity contribution in [3.63, 3.8) is 0 Å². The van der Waals surface area contributed by atoms with E-state index in [4.69, 9.17) is 10.5 Å². The topological polar surface area (TPSA) is 111 Å². The lowest BCUT2D eigenvalue weighted by Gasteiger charge is -2.22. The number of primary amides is 1. The van der Waals surface area contributed by atoms with Gasteiger partial charge in [0.15, 0.2) is 12.3 Å². The van der Waals surface area contributed by atoms with Crippen molar-refractivity contribution < 1.29 is 14.3 Å². The molecule has 4 N–H and O–H groups in total. The SMILES string of the molecule is Cl.NC(=O)COc1ccc(NC(=O)c2ccn(C3CCCNC3)n2)cc1. The van der Waals surface area contributed by atoms with Gasteiger partial charge in [-0.25, -0.2) is 0 Å². The molecule has 2 aromatic rings. The van der Waals surface area contributed by atoms with Crippen molar-refractivity contribution in [1.29, 1.82) is 0 Å². The fourth-order valence-corrected chi connectivity index (χ4v) is 2.71. The second-order valence-electron chi connectivity index (χ2n) is 5.91. The van der Waals surface area contributed by atoms with Gasteiger partial charge >= 0.3 is 0 Å². The third-order valence-electron chi connectivity index (χ3n) is 3.98. The Bertz CT molecular complexity index is 741. The summed E-state index contributed by atoms with van der Waals surface area (Å²) in [5.41, 5.74) is 6.01. The van der Waals surface area contributed by atoms with Gasteiger partial charge in [-0.2, -0.15) is 5.10 Å². The zero-order chi connectivity index (χ0) is 17.6. The Hall–Kier alpha value is -2.58. The van der Waals surface area contributed by atoms with Crippen LogP contribution < -0.4 is 21.1 Å². The summed E-state index contributed by atoms with van der Waals surface area (Å²) in [4.78, 5) is 23.0. The van der Waals surface area contributed by atoms with Gasteiger partial charge in [-0.3, -0.25) is 14.3 Å². The molecule has 1 aliphatic rings. The normalized spacial score (nSPS) is 16.4. The van der Waals surface area contributed by atoms with Crippen LogP contribution in [0.5, 0.6) is 5.75 Å². The van der Waals surface area contributed by atoms with Gasteiger partial charge in [0, 0.05) is 18.4 Å². The van der Waals surface area contributed by atoms with Gasteiger partial charge in [0.25, 0.3) is 11.8 Å². The number of halogens is 1. The highest BCUT2D eigenvalue weighted by Gasteiger charge is 2.17. The molecular weight excluding hydrogens is 358 g/mol. The second-order valence-corrected chi connectivity index (χ2v) is 5.91. The monoisotopic (exact) mass is 379 g/mol. The van der Waals surface area contributed by atoms with Gasteiger partial charge in [-0.1, -0.05) is 0 Å². The van der Waals surface area contributed by atoms with Crippen molar-refractivity contribution in [3.8, 4) is 5.75 Å². The first-order chi connectivity index (χ1) is 12.1. The average molecular weight is 380 g/mol. The molecule has 0 radical (unpaired) electrons. The number of benzene rings is 1. The predicted molar refractivity (Wildman–Crippen MR) is 99.7 cm³/mol. The highest BCUT2D eigenvalue weighted by molar-refractivity contribution is 6.02. The van der Waals surface area contributed by atoms with Crippen molar-refractivity contribution in [3.05, 3.63) is 42.2 Å². The van der Waals surface area contributed by atoms with Crippen molar-refractivity contribution >= 4 is 29.9 Å². The number of rotatable bonds is 6. The Morgan fingerprint density at radius 2 is 2.08 bits per heavy atom. The summed E-state index contributed by atoms with van der Waals surface area (Å²) >= 11 is 0. The third-order valence-corrected chi connectivity index (χ3v) is 3.98. The van der Waals surface area contributed by atoms with Gasteiger partial charge in [0.05, 0.1) is 6.04 Å². The zero-order valence-corrected chi connectivity index (χ0v) is 15.0. The van der Waals surface area contributed by atoms with E-state index in [1.807, 2.05) is 10.9 Å². The summed E-state index contributed by atoms with van der Waals surface area (Å²) in [7, 11) is 0. The first-order valence-corrected chi connectivity index (χ1v) is 8.20. The summed E-state index contributed by atoms with van der Waals surface area (Å²) in [5, 5.41) is 10.5. The number of nitrogens with one attached hydrogen (secondary N) is 2. The Morgan fingerprint density at radius 3 is 2.73 bits per heavy atom. The molecule has 0 aliphatic carbocycles. The Labute approximate surface area is 157 Å². The van der Waals surface area contributed by atoms with Crippen LogP contribution in [0.1, 0.15) is 29.4 Å².